The first-order valence-corrected chi connectivity index (χ1v) is 8.28. The summed E-state index contributed by atoms with van der Waals surface area (Å²) in [6.45, 7) is 1.02. The fourth-order valence-electron chi connectivity index (χ4n) is 2.98. The molecule has 1 aliphatic rings. The van der Waals surface area contributed by atoms with Gasteiger partial charge in [-0.2, -0.15) is 5.10 Å². The minimum Gasteiger partial charge on any atom is -0.492 e. The predicted octanol–water partition coefficient (Wildman–Crippen LogP) is 1.42. The van der Waals surface area contributed by atoms with E-state index in [-0.39, 0.29) is 12.3 Å². The Labute approximate surface area is 146 Å². The number of aryl methyl sites for hydroxylation is 1. The highest BCUT2D eigenvalue weighted by Crippen LogP contribution is 2.23. The predicted molar refractivity (Wildman–Crippen MR) is 91.9 cm³/mol. The summed E-state index contributed by atoms with van der Waals surface area (Å²) in [6, 6.07) is 8.18. The summed E-state index contributed by atoms with van der Waals surface area (Å²) in [6.07, 6.45) is 3.03. The minimum atomic E-state index is -0.928. The number of amides is 1. The lowest BCUT2D eigenvalue weighted by Crippen LogP contribution is -2.42. The Morgan fingerprint density at radius 3 is 2.96 bits per heavy atom. The molecule has 1 aromatic carbocycles. The number of hydrogen-bond acceptors (Lipinski definition) is 4. The van der Waals surface area contributed by atoms with Gasteiger partial charge in [0.2, 0.25) is 5.91 Å². The van der Waals surface area contributed by atoms with Crippen LogP contribution in [-0.2, 0) is 11.8 Å². The number of benzene rings is 1. The van der Waals surface area contributed by atoms with E-state index in [4.69, 9.17) is 4.74 Å². The van der Waals surface area contributed by atoms with Crippen molar-refractivity contribution in [2.24, 2.45) is 7.05 Å². The monoisotopic (exact) mass is 345 g/mol. The minimum absolute atomic E-state index is 0.151. The van der Waals surface area contributed by atoms with Gasteiger partial charge in [0.05, 0.1) is 18.8 Å². The molecule has 1 fully saturated rings. The molecule has 6 nitrogen and oxygen atoms in total. The number of alkyl halides is 1. The third-order valence-electron chi connectivity index (χ3n) is 4.27. The summed E-state index contributed by atoms with van der Waals surface area (Å²) < 4.78 is 20.7. The first-order chi connectivity index (χ1) is 12.0. The molecule has 2 aromatic rings. The average molecular weight is 345 g/mol. The van der Waals surface area contributed by atoms with Crippen molar-refractivity contribution < 1.29 is 13.9 Å². The molecule has 3 rings (SSSR count). The van der Waals surface area contributed by atoms with Crippen molar-refractivity contribution in [3.63, 3.8) is 0 Å². The molecule has 133 valence electrons. The van der Waals surface area contributed by atoms with Crippen molar-refractivity contribution in [2.45, 2.75) is 18.6 Å². The Kier molecular flexibility index (Phi) is 5.33. The topological polar surface area (TPSA) is 59.4 Å². The molecule has 0 unspecified atom stereocenters. The molecule has 2 heterocycles. The molecular formula is C18H22FN4O2. The lowest BCUT2D eigenvalue weighted by Gasteiger charge is -2.18. The number of halogens is 1. The number of nitrogens with one attached hydrogen (secondary N) is 1. The summed E-state index contributed by atoms with van der Waals surface area (Å²) >= 11 is 0. The highest BCUT2D eigenvalue weighted by molar-refractivity contribution is 5.82. The van der Waals surface area contributed by atoms with Gasteiger partial charge < -0.3 is 10.1 Å². The SMILES string of the molecule is CN1C[C@@H](F)C[C@H]1C(=O)NCCOc1c[c]cc(-c2cnn(C)c2)c1. The zero-order valence-electron chi connectivity index (χ0n) is 14.4. The van der Waals surface area contributed by atoms with Gasteiger partial charge in [0.1, 0.15) is 18.5 Å². The van der Waals surface area contributed by atoms with Crippen LogP contribution in [0.5, 0.6) is 5.75 Å². The molecule has 1 radical (unpaired) electrons. The van der Waals surface area contributed by atoms with Crippen LogP contribution in [0.2, 0.25) is 0 Å². The lowest BCUT2D eigenvalue weighted by atomic mass is 10.1. The molecule has 0 saturated carbocycles. The Balaban J connectivity index is 1.47. The van der Waals surface area contributed by atoms with E-state index in [0.717, 1.165) is 11.1 Å². The largest absolute Gasteiger partial charge is 0.492 e. The van der Waals surface area contributed by atoms with Crippen LogP contribution in [0.15, 0.2) is 30.6 Å². The number of likely N-dealkylation sites (N-methyl/N-ethyl adjacent to an activating group) is 1. The number of hydrogen-bond donors (Lipinski definition) is 1. The van der Waals surface area contributed by atoms with Gasteiger partial charge in [0, 0.05) is 31.8 Å². The van der Waals surface area contributed by atoms with Crippen LogP contribution < -0.4 is 10.1 Å². The maximum absolute atomic E-state index is 13.3. The van der Waals surface area contributed by atoms with Crippen LogP contribution in [0.25, 0.3) is 11.1 Å². The second kappa shape index (κ2) is 7.65. The highest BCUT2D eigenvalue weighted by Gasteiger charge is 2.34. The zero-order valence-corrected chi connectivity index (χ0v) is 14.4. The van der Waals surface area contributed by atoms with Crippen LogP contribution in [0.1, 0.15) is 6.42 Å². The molecular weight excluding hydrogens is 323 g/mol. The van der Waals surface area contributed by atoms with E-state index in [1.54, 1.807) is 28.9 Å². The van der Waals surface area contributed by atoms with E-state index in [9.17, 15) is 9.18 Å². The first-order valence-electron chi connectivity index (χ1n) is 8.28. The van der Waals surface area contributed by atoms with Gasteiger partial charge in [-0.05, 0) is 36.9 Å². The van der Waals surface area contributed by atoms with Crippen LogP contribution >= 0.6 is 0 Å². The fraction of sp³-hybridized carbons (Fsp3) is 0.444. The first kappa shape index (κ1) is 17.4. The van der Waals surface area contributed by atoms with Gasteiger partial charge in [0.25, 0.3) is 0 Å². The maximum Gasteiger partial charge on any atom is 0.237 e. The molecule has 0 bridgehead atoms. The highest BCUT2D eigenvalue weighted by atomic mass is 19.1. The van der Waals surface area contributed by atoms with Crippen LogP contribution in [0.3, 0.4) is 0 Å². The third kappa shape index (κ3) is 4.36. The van der Waals surface area contributed by atoms with Crippen molar-refractivity contribution in [3.05, 3.63) is 36.7 Å². The number of nitrogens with zero attached hydrogens (tertiary/aromatic N) is 3. The van der Waals surface area contributed by atoms with Crippen molar-refractivity contribution in [2.75, 3.05) is 26.7 Å². The van der Waals surface area contributed by atoms with E-state index in [1.807, 2.05) is 25.4 Å². The third-order valence-corrected chi connectivity index (χ3v) is 4.27. The number of aromatic nitrogens is 2. The Morgan fingerprint density at radius 2 is 2.28 bits per heavy atom. The number of rotatable bonds is 6. The molecule has 0 aliphatic carbocycles. The molecule has 1 N–H and O–H groups in total. The fourth-order valence-corrected chi connectivity index (χ4v) is 2.98. The van der Waals surface area contributed by atoms with E-state index >= 15 is 0 Å². The van der Waals surface area contributed by atoms with Crippen LogP contribution in [0.4, 0.5) is 4.39 Å². The smallest absolute Gasteiger partial charge is 0.237 e. The number of carbonyl (C=O) groups excluding carboxylic acids is 1. The summed E-state index contributed by atoms with van der Waals surface area (Å²) in [7, 11) is 3.63. The van der Waals surface area contributed by atoms with Crippen molar-refractivity contribution in [1.29, 1.82) is 0 Å². The summed E-state index contributed by atoms with van der Waals surface area (Å²) in [5, 5.41) is 6.95. The van der Waals surface area contributed by atoms with Gasteiger partial charge in [-0.15, -0.1) is 0 Å². The number of ether oxygens (including phenoxy) is 1. The van der Waals surface area contributed by atoms with E-state index in [2.05, 4.69) is 16.5 Å². The van der Waals surface area contributed by atoms with E-state index in [1.165, 1.54) is 0 Å². The Morgan fingerprint density at radius 1 is 1.44 bits per heavy atom. The van der Waals surface area contributed by atoms with Crippen molar-refractivity contribution >= 4 is 5.91 Å². The average Bonchev–Trinajstić information content (AvgIpc) is 3.17. The second-order valence-electron chi connectivity index (χ2n) is 6.29. The zero-order chi connectivity index (χ0) is 17.8. The van der Waals surface area contributed by atoms with Crippen molar-refractivity contribution in [1.82, 2.24) is 20.0 Å². The standard InChI is InChI=1S/C18H22FN4O2/c1-22-12-15(19)9-17(22)18(24)20-6-7-25-16-5-3-4-13(8-16)14-10-21-23(2)11-14/h4-5,8,10-11,15,17H,6-7,9,12H2,1-2H3,(H,20,24)/t15-,17-/m0/s1. The van der Waals surface area contributed by atoms with Gasteiger partial charge in [-0.3, -0.25) is 14.4 Å². The Bertz CT molecular complexity index is 733. The number of carbonyl (C=O) groups is 1. The lowest BCUT2D eigenvalue weighted by molar-refractivity contribution is -0.125. The van der Waals surface area contributed by atoms with Crippen LogP contribution in [-0.4, -0.2) is 59.5 Å². The van der Waals surface area contributed by atoms with Gasteiger partial charge in [-0.25, -0.2) is 4.39 Å². The molecule has 1 aromatic heterocycles. The summed E-state index contributed by atoms with van der Waals surface area (Å²) in [5.74, 6) is 0.527. The van der Waals surface area contributed by atoms with E-state index in [0.29, 0.717) is 25.4 Å². The van der Waals surface area contributed by atoms with Crippen molar-refractivity contribution in [3.8, 4) is 16.9 Å². The normalized spacial score (nSPS) is 20.6. The summed E-state index contributed by atoms with van der Waals surface area (Å²) in [5.41, 5.74) is 1.96. The van der Waals surface area contributed by atoms with Gasteiger partial charge in [0.15, 0.2) is 0 Å². The molecule has 1 saturated heterocycles. The molecule has 2 atom stereocenters. The maximum atomic E-state index is 13.3. The molecule has 7 heteroatoms. The summed E-state index contributed by atoms with van der Waals surface area (Å²) in [4.78, 5) is 13.8. The molecule has 25 heavy (non-hydrogen) atoms. The quantitative estimate of drug-likeness (QED) is 0.805. The second-order valence-corrected chi connectivity index (χ2v) is 6.29. The Hall–Kier alpha value is -2.41. The number of likely N-dealkylation sites (tertiary alicyclic amines) is 1. The molecule has 0 spiro atoms. The van der Waals surface area contributed by atoms with Crippen LogP contribution in [0, 0.1) is 6.07 Å². The van der Waals surface area contributed by atoms with Gasteiger partial charge in [-0.1, -0.05) is 0 Å². The molecule has 1 amide bonds. The molecule has 1 aliphatic heterocycles. The van der Waals surface area contributed by atoms with E-state index < -0.39 is 12.2 Å². The van der Waals surface area contributed by atoms with Gasteiger partial charge >= 0.3 is 0 Å².